The Labute approximate surface area is 149 Å². The molecule has 0 fully saturated rings. The van der Waals surface area contributed by atoms with Crippen LogP contribution in [0.25, 0.3) is 6.08 Å². The zero-order valence-electron chi connectivity index (χ0n) is 15.3. The summed E-state index contributed by atoms with van der Waals surface area (Å²) < 4.78 is 15.6. The summed E-state index contributed by atoms with van der Waals surface area (Å²) in [6, 6.07) is 5.45. The highest BCUT2D eigenvalue weighted by Crippen LogP contribution is 2.28. The zero-order chi connectivity index (χ0) is 18.7. The molecule has 0 bridgehead atoms. The Kier molecular flexibility index (Phi) is 9.14. The van der Waals surface area contributed by atoms with Gasteiger partial charge in [-0.3, -0.25) is 4.79 Å². The summed E-state index contributed by atoms with van der Waals surface area (Å²) in [5.74, 6) is 0.0312. The molecule has 0 spiro atoms. The average molecular weight is 349 g/mol. The molecule has 6 heteroatoms. The number of methoxy groups -OCH3 is 1. The van der Waals surface area contributed by atoms with E-state index in [1.54, 1.807) is 6.07 Å². The summed E-state index contributed by atoms with van der Waals surface area (Å²) in [7, 11) is 1.53. The molecular weight excluding hydrogens is 322 g/mol. The molecule has 0 aliphatic heterocycles. The van der Waals surface area contributed by atoms with E-state index in [0.29, 0.717) is 11.5 Å². The molecule has 0 radical (unpaired) electrons. The maximum atomic E-state index is 11.7. The molecule has 1 N–H and O–H groups in total. The van der Waals surface area contributed by atoms with Crippen molar-refractivity contribution >= 4 is 18.0 Å². The summed E-state index contributed by atoms with van der Waals surface area (Å²) in [6.07, 6.45) is 5.70. The molecule has 1 aromatic rings. The first-order valence-electron chi connectivity index (χ1n) is 8.38. The molecule has 0 unspecified atom stereocenters. The standard InChI is InChI=1S/C19H27NO5/c1-5-7-14(3)20-18(21)12-25-19(22)13-24-16-10-9-15(8-6-2)11-17(16)23-4/h6,8-11,14H,5,7,12-13H2,1-4H3,(H,20,21)/b8-6+/t14-/m0/s1. The monoisotopic (exact) mass is 349 g/mol. The fourth-order valence-electron chi connectivity index (χ4n) is 2.25. The molecule has 0 heterocycles. The predicted octanol–water partition coefficient (Wildman–Crippen LogP) is 2.96. The molecule has 0 aliphatic rings. The van der Waals surface area contributed by atoms with Gasteiger partial charge in [-0.1, -0.05) is 31.6 Å². The minimum atomic E-state index is -0.613. The van der Waals surface area contributed by atoms with E-state index in [9.17, 15) is 9.59 Å². The summed E-state index contributed by atoms with van der Waals surface area (Å²) in [4.78, 5) is 23.4. The third-order valence-corrected chi connectivity index (χ3v) is 3.39. The van der Waals surface area contributed by atoms with E-state index in [4.69, 9.17) is 14.2 Å². The Hall–Kier alpha value is -2.50. The lowest BCUT2D eigenvalue weighted by Gasteiger charge is -2.13. The molecule has 0 aromatic heterocycles. The number of amides is 1. The molecule has 0 saturated carbocycles. The maximum Gasteiger partial charge on any atom is 0.344 e. The Bertz CT molecular complexity index is 597. The van der Waals surface area contributed by atoms with E-state index in [1.165, 1.54) is 7.11 Å². The number of allylic oxidation sites excluding steroid dienone is 1. The van der Waals surface area contributed by atoms with Gasteiger partial charge in [-0.2, -0.15) is 0 Å². The second kappa shape index (κ2) is 11.1. The van der Waals surface area contributed by atoms with Crippen molar-refractivity contribution in [2.24, 2.45) is 0 Å². The average Bonchev–Trinajstić information content (AvgIpc) is 2.59. The van der Waals surface area contributed by atoms with Crippen molar-refractivity contribution in [3.05, 3.63) is 29.8 Å². The molecule has 0 aliphatic carbocycles. The minimum absolute atomic E-state index is 0.0624. The van der Waals surface area contributed by atoms with Gasteiger partial charge in [-0.25, -0.2) is 4.79 Å². The van der Waals surface area contributed by atoms with Crippen LogP contribution in [-0.4, -0.2) is 38.2 Å². The number of carbonyl (C=O) groups excluding carboxylic acids is 2. The van der Waals surface area contributed by atoms with E-state index >= 15 is 0 Å². The first-order chi connectivity index (χ1) is 12.0. The smallest absolute Gasteiger partial charge is 0.344 e. The van der Waals surface area contributed by atoms with Crippen molar-refractivity contribution in [3.8, 4) is 11.5 Å². The highest BCUT2D eigenvalue weighted by molar-refractivity contribution is 5.81. The van der Waals surface area contributed by atoms with Crippen molar-refractivity contribution in [2.75, 3.05) is 20.3 Å². The van der Waals surface area contributed by atoms with E-state index in [1.807, 2.05) is 45.1 Å². The highest BCUT2D eigenvalue weighted by atomic mass is 16.6. The number of benzene rings is 1. The number of hydrogen-bond donors (Lipinski definition) is 1. The number of hydrogen-bond acceptors (Lipinski definition) is 5. The van der Waals surface area contributed by atoms with Crippen LogP contribution in [0.15, 0.2) is 24.3 Å². The number of rotatable bonds is 10. The molecule has 0 saturated heterocycles. The van der Waals surface area contributed by atoms with Gasteiger partial charge < -0.3 is 19.5 Å². The van der Waals surface area contributed by atoms with Gasteiger partial charge in [0.15, 0.2) is 24.7 Å². The molecule has 1 atom stereocenters. The summed E-state index contributed by atoms with van der Waals surface area (Å²) >= 11 is 0. The second-order valence-electron chi connectivity index (χ2n) is 5.62. The van der Waals surface area contributed by atoms with Crippen molar-refractivity contribution in [3.63, 3.8) is 0 Å². The Balaban J connectivity index is 2.45. The quantitative estimate of drug-likeness (QED) is 0.658. The van der Waals surface area contributed by atoms with Gasteiger partial charge in [-0.05, 0) is 38.0 Å². The Morgan fingerprint density at radius 3 is 2.64 bits per heavy atom. The van der Waals surface area contributed by atoms with E-state index in [2.05, 4.69) is 5.32 Å². The molecule has 1 rings (SSSR count). The lowest BCUT2D eigenvalue weighted by Crippen LogP contribution is -2.36. The number of ether oxygens (including phenoxy) is 3. The van der Waals surface area contributed by atoms with Gasteiger partial charge in [-0.15, -0.1) is 0 Å². The fourth-order valence-corrected chi connectivity index (χ4v) is 2.25. The number of nitrogens with one attached hydrogen (secondary N) is 1. The van der Waals surface area contributed by atoms with E-state index in [-0.39, 0.29) is 25.2 Å². The lowest BCUT2D eigenvalue weighted by atomic mass is 10.2. The maximum absolute atomic E-state index is 11.7. The molecule has 1 amide bonds. The fraction of sp³-hybridized carbons (Fsp3) is 0.474. The third-order valence-electron chi connectivity index (χ3n) is 3.39. The third kappa shape index (κ3) is 7.74. The topological polar surface area (TPSA) is 73.9 Å². The van der Waals surface area contributed by atoms with Crippen LogP contribution < -0.4 is 14.8 Å². The van der Waals surface area contributed by atoms with E-state index in [0.717, 1.165) is 18.4 Å². The van der Waals surface area contributed by atoms with Crippen molar-refractivity contribution in [1.82, 2.24) is 5.32 Å². The van der Waals surface area contributed by atoms with Crippen molar-refractivity contribution in [1.29, 1.82) is 0 Å². The highest BCUT2D eigenvalue weighted by Gasteiger charge is 2.12. The van der Waals surface area contributed by atoms with Crippen LogP contribution in [0.3, 0.4) is 0 Å². The van der Waals surface area contributed by atoms with Gasteiger partial charge in [0.05, 0.1) is 7.11 Å². The predicted molar refractivity (Wildman–Crippen MR) is 96.7 cm³/mol. The molecule has 1 aromatic carbocycles. The summed E-state index contributed by atoms with van der Waals surface area (Å²) in [5.41, 5.74) is 0.965. The van der Waals surface area contributed by atoms with Gasteiger partial charge in [0.25, 0.3) is 5.91 Å². The molecular formula is C19H27NO5. The summed E-state index contributed by atoms with van der Waals surface area (Å²) in [5, 5.41) is 2.76. The summed E-state index contributed by atoms with van der Waals surface area (Å²) in [6.45, 7) is 5.27. The lowest BCUT2D eigenvalue weighted by molar-refractivity contribution is -0.150. The van der Waals surface area contributed by atoms with Crippen LogP contribution in [0.2, 0.25) is 0 Å². The number of esters is 1. The first kappa shape index (κ1) is 20.5. The molecule has 138 valence electrons. The SMILES string of the molecule is C/C=C/c1ccc(OCC(=O)OCC(=O)N[C@@H](C)CCC)c(OC)c1. The minimum Gasteiger partial charge on any atom is -0.493 e. The van der Waals surface area contributed by atoms with E-state index < -0.39 is 5.97 Å². The molecule has 6 nitrogen and oxygen atoms in total. The van der Waals surface area contributed by atoms with Gasteiger partial charge in [0.1, 0.15) is 0 Å². The van der Waals surface area contributed by atoms with Crippen LogP contribution in [0, 0.1) is 0 Å². The van der Waals surface area contributed by atoms with Crippen LogP contribution >= 0.6 is 0 Å². The van der Waals surface area contributed by atoms with Crippen LogP contribution in [-0.2, 0) is 14.3 Å². The largest absolute Gasteiger partial charge is 0.493 e. The van der Waals surface area contributed by atoms with Crippen molar-refractivity contribution in [2.45, 2.75) is 39.7 Å². The zero-order valence-corrected chi connectivity index (χ0v) is 15.3. The normalized spacial score (nSPS) is 11.8. The first-order valence-corrected chi connectivity index (χ1v) is 8.38. The molecule has 25 heavy (non-hydrogen) atoms. The van der Waals surface area contributed by atoms with Gasteiger partial charge in [0.2, 0.25) is 0 Å². The van der Waals surface area contributed by atoms with Crippen LogP contribution in [0.4, 0.5) is 0 Å². The second-order valence-corrected chi connectivity index (χ2v) is 5.62. The van der Waals surface area contributed by atoms with Gasteiger partial charge in [0, 0.05) is 6.04 Å². The Morgan fingerprint density at radius 2 is 2.00 bits per heavy atom. The van der Waals surface area contributed by atoms with Crippen molar-refractivity contribution < 1.29 is 23.8 Å². The van der Waals surface area contributed by atoms with Crippen LogP contribution in [0.5, 0.6) is 11.5 Å². The van der Waals surface area contributed by atoms with Crippen LogP contribution in [0.1, 0.15) is 39.2 Å². The Morgan fingerprint density at radius 1 is 1.24 bits per heavy atom. The van der Waals surface area contributed by atoms with Gasteiger partial charge >= 0.3 is 5.97 Å². The number of carbonyl (C=O) groups is 2.